The molecule has 0 saturated carbocycles. The fourth-order valence-corrected chi connectivity index (χ4v) is 2.78. The zero-order valence-electron chi connectivity index (χ0n) is 11.5. The van der Waals surface area contributed by atoms with E-state index in [1.54, 1.807) is 11.3 Å². The van der Waals surface area contributed by atoms with Gasteiger partial charge in [-0.15, -0.1) is 0 Å². The van der Waals surface area contributed by atoms with Gasteiger partial charge in [0.1, 0.15) is 0 Å². The SMILES string of the molecule is COC(=O)C(CNCCc1ccsc1)c1ccccc1. The Morgan fingerprint density at radius 2 is 2.10 bits per heavy atom. The largest absolute Gasteiger partial charge is 0.469 e. The molecule has 2 aromatic rings. The number of hydrogen-bond acceptors (Lipinski definition) is 4. The Morgan fingerprint density at radius 1 is 1.30 bits per heavy atom. The van der Waals surface area contributed by atoms with E-state index in [0.717, 1.165) is 18.5 Å². The lowest BCUT2D eigenvalue weighted by molar-refractivity contribution is -0.142. The molecule has 1 aromatic heterocycles. The van der Waals surface area contributed by atoms with E-state index in [0.29, 0.717) is 6.54 Å². The predicted octanol–water partition coefficient (Wildman–Crippen LogP) is 2.84. The summed E-state index contributed by atoms with van der Waals surface area (Å²) in [5.41, 5.74) is 2.32. The number of hydrogen-bond donors (Lipinski definition) is 1. The lowest BCUT2D eigenvalue weighted by Gasteiger charge is -2.15. The molecular formula is C16H19NO2S. The molecule has 20 heavy (non-hydrogen) atoms. The van der Waals surface area contributed by atoms with Crippen molar-refractivity contribution in [1.29, 1.82) is 0 Å². The fraction of sp³-hybridized carbons (Fsp3) is 0.312. The van der Waals surface area contributed by atoms with Crippen molar-refractivity contribution >= 4 is 17.3 Å². The molecule has 0 saturated heterocycles. The Labute approximate surface area is 123 Å². The zero-order chi connectivity index (χ0) is 14.2. The molecule has 106 valence electrons. The number of esters is 1. The molecule has 1 N–H and O–H groups in total. The number of nitrogens with one attached hydrogen (secondary N) is 1. The molecule has 0 fully saturated rings. The van der Waals surface area contributed by atoms with Crippen molar-refractivity contribution in [2.75, 3.05) is 20.2 Å². The van der Waals surface area contributed by atoms with E-state index in [-0.39, 0.29) is 11.9 Å². The molecule has 0 aliphatic rings. The highest BCUT2D eigenvalue weighted by molar-refractivity contribution is 7.07. The van der Waals surface area contributed by atoms with Gasteiger partial charge >= 0.3 is 5.97 Å². The van der Waals surface area contributed by atoms with Crippen LogP contribution in [0.15, 0.2) is 47.2 Å². The number of carbonyl (C=O) groups excluding carboxylic acids is 1. The van der Waals surface area contributed by atoms with Gasteiger partial charge in [0.25, 0.3) is 0 Å². The summed E-state index contributed by atoms with van der Waals surface area (Å²) in [6, 6.07) is 11.9. The number of methoxy groups -OCH3 is 1. The molecule has 2 rings (SSSR count). The van der Waals surface area contributed by atoms with Gasteiger partial charge < -0.3 is 10.1 Å². The average Bonchev–Trinajstić information content (AvgIpc) is 3.01. The van der Waals surface area contributed by atoms with Gasteiger partial charge in [-0.3, -0.25) is 4.79 Å². The Kier molecular flexibility index (Phi) is 5.77. The Balaban J connectivity index is 1.87. The molecule has 0 bridgehead atoms. The van der Waals surface area contributed by atoms with Gasteiger partial charge in [0.2, 0.25) is 0 Å². The molecule has 1 unspecified atom stereocenters. The fourth-order valence-electron chi connectivity index (χ4n) is 2.08. The van der Waals surface area contributed by atoms with Gasteiger partial charge in [-0.05, 0) is 40.9 Å². The van der Waals surface area contributed by atoms with E-state index in [1.807, 2.05) is 30.3 Å². The molecule has 0 aliphatic heterocycles. The third-order valence-electron chi connectivity index (χ3n) is 3.21. The highest BCUT2D eigenvalue weighted by Gasteiger charge is 2.20. The van der Waals surface area contributed by atoms with E-state index in [1.165, 1.54) is 12.7 Å². The summed E-state index contributed by atoms with van der Waals surface area (Å²) in [6.07, 6.45) is 0.978. The minimum Gasteiger partial charge on any atom is -0.469 e. The molecule has 0 radical (unpaired) electrons. The van der Waals surface area contributed by atoms with Crippen molar-refractivity contribution in [1.82, 2.24) is 5.32 Å². The van der Waals surface area contributed by atoms with Crippen molar-refractivity contribution < 1.29 is 9.53 Å². The van der Waals surface area contributed by atoms with Crippen LogP contribution in [0.25, 0.3) is 0 Å². The number of benzene rings is 1. The first-order valence-corrected chi connectivity index (χ1v) is 7.60. The first-order chi connectivity index (χ1) is 9.81. The van der Waals surface area contributed by atoms with Crippen LogP contribution >= 0.6 is 11.3 Å². The van der Waals surface area contributed by atoms with Gasteiger partial charge in [0.15, 0.2) is 0 Å². The second kappa shape index (κ2) is 7.82. The van der Waals surface area contributed by atoms with Crippen LogP contribution in [0.5, 0.6) is 0 Å². The maximum Gasteiger partial charge on any atom is 0.314 e. The first kappa shape index (κ1) is 14.8. The van der Waals surface area contributed by atoms with Crippen molar-refractivity contribution in [3.63, 3.8) is 0 Å². The number of carbonyl (C=O) groups is 1. The van der Waals surface area contributed by atoms with E-state index < -0.39 is 0 Å². The van der Waals surface area contributed by atoms with Crippen LogP contribution in [-0.4, -0.2) is 26.2 Å². The maximum absolute atomic E-state index is 11.9. The van der Waals surface area contributed by atoms with Gasteiger partial charge in [-0.2, -0.15) is 11.3 Å². The average molecular weight is 289 g/mol. The van der Waals surface area contributed by atoms with Crippen LogP contribution in [0.4, 0.5) is 0 Å². The number of rotatable bonds is 7. The molecule has 1 heterocycles. The molecule has 4 heteroatoms. The summed E-state index contributed by atoms with van der Waals surface area (Å²) in [5, 5.41) is 7.57. The molecule has 0 aliphatic carbocycles. The Morgan fingerprint density at radius 3 is 2.75 bits per heavy atom. The van der Waals surface area contributed by atoms with Crippen molar-refractivity contribution in [3.8, 4) is 0 Å². The molecule has 1 atom stereocenters. The van der Waals surface area contributed by atoms with E-state index in [2.05, 4.69) is 22.1 Å². The van der Waals surface area contributed by atoms with E-state index in [4.69, 9.17) is 4.74 Å². The lowest BCUT2D eigenvalue weighted by atomic mass is 9.99. The van der Waals surface area contributed by atoms with Crippen LogP contribution in [0, 0.1) is 0 Å². The molecule has 0 amide bonds. The normalized spacial score (nSPS) is 12.1. The number of ether oxygens (including phenoxy) is 1. The molecule has 1 aromatic carbocycles. The molecule has 3 nitrogen and oxygen atoms in total. The van der Waals surface area contributed by atoms with Crippen LogP contribution in [-0.2, 0) is 16.0 Å². The second-order valence-electron chi connectivity index (χ2n) is 4.57. The summed E-state index contributed by atoms with van der Waals surface area (Å²) < 4.78 is 4.89. The molecular weight excluding hydrogens is 270 g/mol. The van der Waals surface area contributed by atoms with E-state index in [9.17, 15) is 4.79 Å². The van der Waals surface area contributed by atoms with Crippen LogP contribution in [0.2, 0.25) is 0 Å². The van der Waals surface area contributed by atoms with Crippen molar-refractivity contribution in [2.45, 2.75) is 12.3 Å². The zero-order valence-corrected chi connectivity index (χ0v) is 12.4. The second-order valence-corrected chi connectivity index (χ2v) is 5.35. The predicted molar refractivity (Wildman–Crippen MR) is 82.1 cm³/mol. The summed E-state index contributed by atoms with van der Waals surface area (Å²) in [6.45, 7) is 1.46. The van der Waals surface area contributed by atoms with Crippen LogP contribution in [0.1, 0.15) is 17.0 Å². The minimum absolute atomic E-state index is 0.195. The molecule has 0 spiro atoms. The van der Waals surface area contributed by atoms with E-state index >= 15 is 0 Å². The Hall–Kier alpha value is -1.65. The van der Waals surface area contributed by atoms with Gasteiger partial charge in [0, 0.05) is 6.54 Å². The smallest absolute Gasteiger partial charge is 0.314 e. The standard InChI is InChI=1S/C16H19NO2S/c1-19-16(18)15(14-5-3-2-4-6-14)11-17-9-7-13-8-10-20-12-13/h2-6,8,10,12,15,17H,7,9,11H2,1H3. The summed E-state index contributed by atoms with van der Waals surface area (Å²) in [4.78, 5) is 11.9. The summed E-state index contributed by atoms with van der Waals surface area (Å²) in [7, 11) is 1.43. The van der Waals surface area contributed by atoms with Gasteiger partial charge in [0.05, 0.1) is 13.0 Å². The van der Waals surface area contributed by atoms with Crippen molar-refractivity contribution in [3.05, 3.63) is 58.3 Å². The van der Waals surface area contributed by atoms with Crippen LogP contribution < -0.4 is 5.32 Å². The Bertz CT molecular complexity index is 511. The maximum atomic E-state index is 11.9. The highest BCUT2D eigenvalue weighted by atomic mass is 32.1. The van der Waals surface area contributed by atoms with Gasteiger partial charge in [-0.1, -0.05) is 30.3 Å². The first-order valence-electron chi connectivity index (χ1n) is 6.66. The van der Waals surface area contributed by atoms with Gasteiger partial charge in [-0.25, -0.2) is 0 Å². The minimum atomic E-state index is -0.247. The quantitative estimate of drug-likeness (QED) is 0.629. The van der Waals surface area contributed by atoms with Crippen molar-refractivity contribution in [2.24, 2.45) is 0 Å². The summed E-state index contributed by atoms with van der Waals surface area (Å²) in [5.74, 6) is -0.442. The highest BCUT2D eigenvalue weighted by Crippen LogP contribution is 2.16. The number of thiophene rings is 1. The summed E-state index contributed by atoms with van der Waals surface area (Å²) >= 11 is 1.71. The lowest BCUT2D eigenvalue weighted by Crippen LogP contribution is -2.29. The topological polar surface area (TPSA) is 38.3 Å². The third-order valence-corrected chi connectivity index (χ3v) is 3.94. The van der Waals surface area contributed by atoms with Crippen LogP contribution in [0.3, 0.4) is 0 Å². The monoisotopic (exact) mass is 289 g/mol. The third kappa shape index (κ3) is 4.18.